The number of hydrogen-bond acceptors (Lipinski definition) is 8. The standard InChI is InChI=1S/C12H21N3O2.C10H20N4O/c1-10(16)5-7-17-8-6-11-9-15(14-13-11)12(2,3)4;1-10(2,3)14-8-9(12-13-14)4-6-15-7-5-11/h9H,5-8H2,1-4H3;8H,4-7,11H2,1-3H3. The topological polar surface area (TPSA) is 123 Å². The van der Waals surface area contributed by atoms with Gasteiger partial charge in [0.2, 0.25) is 0 Å². The number of hydrogen-bond donors (Lipinski definition) is 1. The van der Waals surface area contributed by atoms with E-state index in [2.05, 4.69) is 62.2 Å². The quantitative estimate of drug-likeness (QED) is 0.515. The van der Waals surface area contributed by atoms with Gasteiger partial charge in [0.25, 0.3) is 0 Å². The van der Waals surface area contributed by atoms with Gasteiger partial charge in [-0.05, 0) is 48.5 Å². The third-order valence-electron chi connectivity index (χ3n) is 4.32. The molecule has 0 aromatic carbocycles. The minimum atomic E-state index is -0.0409. The minimum Gasteiger partial charge on any atom is -0.381 e. The van der Waals surface area contributed by atoms with Crippen LogP contribution < -0.4 is 5.73 Å². The number of carbonyl (C=O) groups is 1. The molecule has 0 aliphatic rings. The van der Waals surface area contributed by atoms with Crippen molar-refractivity contribution in [2.45, 2.75) is 78.8 Å². The van der Waals surface area contributed by atoms with Gasteiger partial charge in [-0.25, -0.2) is 9.36 Å². The van der Waals surface area contributed by atoms with Gasteiger partial charge in [-0.2, -0.15) is 0 Å². The molecule has 10 heteroatoms. The van der Waals surface area contributed by atoms with Crippen LogP contribution in [0, 0.1) is 0 Å². The average Bonchev–Trinajstić information content (AvgIpc) is 3.34. The Kier molecular flexibility index (Phi) is 11.7. The largest absolute Gasteiger partial charge is 0.381 e. The average molecular weight is 452 g/mol. The Morgan fingerprint density at radius 1 is 0.844 bits per heavy atom. The van der Waals surface area contributed by atoms with Gasteiger partial charge in [-0.15, -0.1) is 10.2 Å². The van der Waals surface area contributed by atoms with Crippen molar-refractivity contribution in [3.05, 3.63) is 23.8 Å². The second-order valence-electron chi connectivity index (χ2n) is 9.62. The molecule has 0 aliphatic carbocycles. The fraction of sp³-hybridized carbons (Fsp3) is 0.773. The van der Waals surface area contributed by atoms with Crippen molar-refractivity contribution >= 4 is 5.78 Å². The minimum absolute atomic E-state index is 0.0105. The molecular weight excluding hydrogens is 410 g/mol. The summed E-state index contributed by atoms with van der Waals surface area (Å²) in [7, 11) is 0. The van der Waals surface area contributed by atoms with Gasteiger partial charge in [-0.1, -0.05) is 10.4 Å². The van der Waals surface area contributed by atoms with Crippen molar-refractivity contribution in [1.82, 2.24) is 30.0 Å². The molecule has 10 nitrogen and oxygen atoms in total. The van der Waals surface area contributed by atoms with Gasteiger partial charge in [0, 0.05) is 38.2 Å². The van der Waals surface area contributed by atoms with E-state index in [4.69, 9.17) is 15.2 Å². The summed E-state index contributed by atoms with van der Waals surface area (Å²) in [6, 6.07) is 0. The van der Waals surface area contributed by atoms with Crippen LogP contribution >= 0.6 is 0 Å². The van der Waals surface area contributed by atoms with E-state index >= 15 is 0 Å². The smallest absolute Gasteiger partial charge is 0.132 e. The number of nitrogens with two attached hydrogens (primary N) is 1. The van der Waals surface area contributed by atoms with Crippen molar-refractivity contribution < 1.29 is 14.3 Å². The highest BCUT2D eigenvalue weighted by Gasteiger charge is 2.15. The molecule has 2 rings (SSSR count). The Morgan fingerprint density at radius 2 is 1.28 bits per heavy atom. The lowest BCUT2D eigenvalue weighted by atomic mass is 10.1. The fourth-order valence-corrected chi connectivity index (χ4v) is 2.34. The van der Waals surface area contributed by atoms with Crippen LogP contribution in [0.4, 0.5) is 0 Å². The van der Waals surface area contributed by atoms with E-state index < -0.39 is 0 Å². The number of ether oxygens (including phenoxy) is 2. The van der Waals surface area contributed by atoms with Crippen LogP contribution in [0.5, 0.6) is 0 Å². The first-order chi connectivity index (χ1) is 14.9. The number of Topliss-reactive ketones (excluding diaryl/α,β-unsaturated/α-hetero) is 1. The molecule has 0 radical (unpaired) electrons. The molecule has 32 heavy (non-hydrogen) atoms. The number of nitrogens with zero attached hydrogens (tertiary/aromatic N) is 6. The monoisotopic (exact) mass is 451 g/mol. The van der Waals surface area contributed by atoms with Crippen LogP contribution in [-0.4, -0.2) is 68.7 Å². The zero-order valence-electron chi connectivity index (χ0n) is 20.8. The van der Waals surface area contributed by atoms with Crippen molar-refractivity contribution in [3.8, 4) is 0 Å². The Bertz CT molecular complexity index is 788. The zero-order chi connectivity index (χ0) is 24.2. The summed E-state index contributed by atoms with van der Waals surface area (Å²) in [4.78, 5) is 10.7. The molecule has 182 valence electrons. The first-order valence-corrected chi connectivity index (χ1v) is 11.1. The van der Waals surface area contributed by atoms with Crippen LogP contribution in [-0.2, 0) is 38.2 Å². The Labute approximate surface area is 191 Å². The molecule has 2 heterocycles. The summed E-state index contributed by atoms with van der Waals surface area (Å²) < 4.78 is 14.3. The normalized spacial score (nSPS) is 11.9. The lowest BCUT2D eigenvalue weighted by Gasteiger charge is -2.17. The summed E-state index contributed by atoms with van der Waals surface area (Å²) in [6.07, 6.45) is 5.90. The molecule has 0 saturated heterocycles. The SMILES string of the molecule is CC(=O)CCOCCc1cn(C(C)(C)C)nn1.CC(C)(C)n1cc(CCOCCN)nn1. The fourth-order valence-electron chi connectivity index (χ4n) is 2.34. The van der Waals surface area contributed by atoms with Crippen LogP contribution in [0.25, 0.3) is 0 Å². The highest BCUT2D eigenvalue weighted by Crippen LogP contribution is 2.12. The summed E-state index contributed by atoms with van der Waals surface area (Å²) in [5.41, 5.74) is 7.14. The molecule has 0 saturated carbocycles. The number of rotatable bonds is 11. The van der Waals surface area contributed by atoms with E-state index in [1.54, 1.807) is 6.92 Å². The van der Waals surface area contributed by atoms with Gasteiger partial charge >= 0.3 is 0 Å². The third-order valence-corrected chi connectivity index (χ3v) is 4.32. The summed E-state index contributed by atoms with van der Waals surface area (Å²) in [6.45, 7) is 17.0. The maximum Gasteiger partial charge on any atom is 0.132 e. The lowest BCUT2D eigenvalue weighted by Crippen LogP contribution is -2.22. The lowest BCUT2D eigenvalue weighted by molar-refractivity contribution is -0.118. The van der Waals surface area contributed by atoms with Gasteiger partial charge in [0.1, 0.15) is 5.78 Å². The van der Waals surface area contributed by atoms with Gasteiger partial charge < -0.3 is 15.2 Å². The highest BCUT2D eigenvalue weighted by molar-refractivity contribution is 5.75. The third kappa shape index (κ3) is 11.4. The predicted molar refractivity (Wildman–Crippen MR) is 123 cm³/mol. The Morgan fingerprint density at radius 3 is 1.62 bits per heavy atom. The number of carbonyl (C=O) groups excluding carboxylic acids is 1. The molecule has 2 aromatic rings. The van der Waals surface area contributed by atoms with E-state index in [1.807, 2.05) is 21.8 Å². The van der Waals surface area contributed by atoms with Crippen LogP contribution in [0.1, 0.15) is 66.3 Å². The second kappa shape index (κ2) is 13.4. The maximum absolute atomic E-state index is 10.7. The van der Waals surface area contributed by atoms with Crippen molar-refractivity contribution in [3.63, 3.8) is 0 Å². The van der Waals surface area contributed by atoms with Crippen molar-refractivity contribution in [2.75, 3.05) is 33.0 Å². The summed E-state index contributed by atoms with van der Waals surface area (Å²) in [5, 5.41) is 16.3. The second-order valence-corrected chi connectivity index (χ2v) is 9.62. The van der Waals surface area contributed by atoms with E-state index in [0.29, 0.717) is 39.4 Å². The molecule has 2 N–H and O–H groups in total. The summed E-state index contributed by atoms with van der Waals surface area (Å²) >= 11 is 0. The van der Waals surface area contributed by atoms with Crippen LogP contribution in [0.2, 0.25) is 0 Å². The molecule has 2 aromatic heterocycles. The van der Waals surface area contributed by atoms with Crippen LogP contribution in [0.15, 0.2) is 12.4 Å². The maximum atomic E-state index is 10.7. The molecule has 0 spiro atoms. The predicted octanol–water partition coefficient (Wildman–Crippen LogP) is 2.12. The molecule has 0 unspecified atom stereocenters. The number of aromatic nitrogens is 6. The highest BCUT2D eigenvalue weighted by atomic mass is 16.5. The Balaban J connectivity index is 0.000000323. The van der Waals surface area contributed by atoms with Crippen molar-refractivity contribution in [2.24, 2.45) is 5.73 Å². The first kappa shape index (κ1) is 27.9. The van der Waals surface area contributed by atoms with Gasteiger partial charge in [0.15, 0.2) is 0 Å². The summed E-state index contributed by atoms with van der Waals surface area (Å²) in [5.74, 6) is 0.156. The van der Waals surface area contributed by atoms with E-state index in [1.165, 1.54) is 0 Å². The molecule has 0 aliphatic heterocycles. The molecular formula is C22H41N7O3. The molecule has 0 bridgehead atoms. The van der Waals surface area contributed by atoms with E-state index in [-0.39, 0.29) is 16.9 Å². The van der Waals surface area contributed by atoms with E-state index in [0.717, 1.165) is 24.2 Å². The molecule has 0 atom stereocenters. The molecule has 0 amide bonds. The van der Waals surface area contributed by atoms with Gasteiger partial charge in [-0.3, -0.25) is 4.79 Å². The van der Waals surface area contributed by atoms with Crippen molar-refractivity contribution in [1.29, 1.82) is 0 Å². The molecule has 0 fully saturated rings. The first-order valence-electron chi connectivity index (χ1n) is 11.1. The number of ketones is 1. The Hall–Kier alpha value is -2.17. The zero-order valence-corrected chi connectivity index (χ0v) is 20.8. The van der Waals surface area contributed by atoms with E-state index in [9.17, 15) is 4.79 Å². The van der Waals surface area contributed by atoms with Gasteiger partial charge in [0.05, 0.1) is 48.9 Å². The van der Waals surface area contributed by atoms with Crippen LogP contribution in [0.3, 0.4) is 0 Å².